The number of hydrogen-bond donors (Lipinski definition) is 1. The van der Waals surface area contributed by atoms with Crippen molar-refractivity contribution in [3.05, 3.63) is 113 Å². The number of aromatic nitrogens is 1. The van der Waals surface area contributed by atoms with Crippen LogP contribution in [0.4, 0.5) is 4.39 Å². The van der Waals surface area contributed by atoms with Crippen LogP contribution in [-0.2, 0) is 6.54 Å². The van der Waals surface area contributed by atoms with Gasteiger partial charge in [0.1, 0.15) is 23.0 Å². The normalized spacial score (nSPS) is 10.8. The van der Waals surface area contributed by atoms with Gasteiger partial charge in [0.2, 0.25) is 0 Å². The van der Waals surface area contributed by atoms with Gasteiger partial charge in [-0.25, -0.2) is 4.39 Å². The van der Waals surface area contributed by atoms with Crippen LogP contribution in [0.3, 0.4) is 0 Å². The largest absolute Gasteiger partial charge is 0.497 e. The zero-order valence-electron chi connectivity index (χ0n) is 22.7. The number of hydrogen-bond acceptors (Lipinski definition) is 5. The summed E-state index contributed by atoms with van der Waals surface area (Å²) >= 11 is 0. The zero-order chi connectivity index (χ0) is 28.2. The third kappa shape index (κ3) is 5.31. The van der Waals surface area contributed by atoms with Crippen molar-refractivity contribution in [3.8, 4) is 45.2 Å². The summed E-state index contributed by atoms with van der Waals surface area (Å²) < 4.78 is 31.3. The van der Waals surface area contributed by atoms with Crippen LogP contribution in [0.5, 0.6) is 11.5 Å². The van der Waals surface area contributed by atoms with E-state index in [0.29, 0.717) is 28.5 Å². The molecule has 6 nitrogen and oxygen atoms in total. The van der Waals surface area contributed by atoms with Gasteiger partial charge in [0.15, 0.2) is 5.76 Å². The first-order valence-electron chi connectivity index (χ1n) is 12.8. The van der Waals surface area contributed by atoms with Gasteiger partial charge in [-0.05, 0) is 60.4 Å². The number of ether oxygens (including phenoxy) is 2. The van der Waals surface area contributed by atoms with E-state index in [1.807, 2.05) is 31.2 Å². The minimum absolute atomic E-state index is 0.0667. The van der Waals surface area contributed by atoms with E-state index in [4.69, 9.17) is 14.0 Å². The van der Waals surface area contributed by atoms with Crippen LogP contribution < -0.4 is 14.8 Å². The van der Waals surface area contributed by atoms with Gasteiger partial charge in [-0.1, -0.05) is 53.7 Å². The van der Waals surface area contributed by atoms with Crippen molar-refractivity contribution in [2.45, 2.75) is 20.4 Å². The third-order valence-electron chi connectivity index (χ3n) is 7.09. The highest BCUT2D eigenvalue weighted by Gasteiger charge is 2.18. The lowest BCUT2D eigenvalue weighted by Crippen LogP contribution is -2.24. The molecule has 0 unspecified atom stereocenters. The fourth-order valence-corrected chi connectivity index (χ4v) is 4.68. The van der Waals surface area contributed by atoms with Gasteiger partial charge in [-0.15, -0.1) is 0 Å². The molecule has 0 bridgehead atoms. The Morgan fingerprint density at radius 2 is 1.60 bits per heavy atom. The standard InChI is InChI=1S/C33H29FN2O4/c1-20-21(2)27(15-14-26(20)22-8-6-5-7-9-22)32-18-30(36-40-32)23-11-13-28(29(34)16-23)33(37)35-19-24-10-12-25(38-3)17-31(24)39-4/h5-18H,19H2,1-4H3,(H,35,37). The molecule has 5 aromatic rings. The number of rotatable bonds is 8. The van der Waals surface area contributed by atoms with Crippen molar-refractivity contribution in [2.75, 3.05) is 14.2 Å². The van der Waals surface area contributed by atoms with Crippen LogP contribution in [0.25, 0.3) is 33.7 Å². The molecule has 1 N–H and O–H groups in total. The molecule has 0 radical (unpaired) electrons. The molecule has 1 heterocycles. The second-order valence-electron chi connectivity index (χ2n) is 9.41. The second kappa shape index (κ2) is 11.5. The fraction of sp³-hybridized carbons (Fsp3) is 0.152. The molecule has 40 heavy (non-hydrogen) atoms. The van der Waals surface area contributed by atoms with Gasteiger partial charge < -0.3 is 19.3 Å². The highest BCUT2D eigenvalue weighted by molar-refractivity contribution is 5.95. The average molecular weight is 537 g/mol. The van der Waals surface area contributed by atoms with Crippen LogP contribution in [-0.4, -0.2) is 25.3 Å². The van der Waals surface area contributed by atoms with Crippen molar-refractivity contribution in [3.63, 3.8) is 0 Å². The second-order valence-corrected chi connectivity index (χ2v) is 9.41. The molecule has 0 fully saturated rings. The Balaban J connectivity index is 1.33. The van der Waals surface area contributed by atoms with Gasteiger partial charge >= 0.3 is 0 Å². The summed E-state index contributed by atoms with van der Waals surface area (Å²) in [7, 11) is 3.10. The van der Waals surface area contributed by atoms with Crippen LogP contribution in [0, 0.1) is 19.7 Å². The molecular weight excluding hydrogens is 507 g/mol. The maximum absolute atomic E-state index is 15.0. The van der Waals surface area contributed by atoms with Gasteiger partial charge in [-0.3, -0.25) is 4.79 Å². The predicted molar refractivity (Wildman–Crippen MR) is 153 cm³/mol. The van der Waals surface area contributed by atoms with Crippen molar-refractivity contribution in [1.29, 1.82) is 0 Å². The Hall–Kier alpha value is -4.91. The molecule has 202 valence electrons. The Morgan fingerprint density at radius 3 is 2.33 bits per heavy atom. The lowest BCUT2D eigenvalue weighted by molar-refractivity contribution is 0.0946. The third-order valence-corrected chi connectivity index (χ3v) is 7.09. The highest BCUT2D eigenvalue weighted by Crippen LogP contribution is 2.34. The Kier molecular flexibility index (Phi) is 7.64. The first kappa shape index (κ1) is 26.7. The summed E-state index contributed by atoms with van der Waals surface area (Å²) in [5.74, 6) is 0.607. The highest BCUT2D eigenvalue weighted by atomic mass is 19.1. The maximum Gasteiger partial charge on any atom is 0.254 e. The van der Waals surface area contributed by atoms with Crippen molar-refractivity contribution < 1.29 is 23.2 Å². The Bertz CT molecular complexity index is 1680. The van der Waals surface area contributed by atoms with Crippen molar-refractivity contribution >= 4 is 5.91 Å². The predicted octanol–water partition coefficient (Wildman–Crippen LogP) is 7.38. The van der Waals surface area contributed by atoms with E-state index >= 15 is 4.39 Å². The Morgan fingerprint density at radius 1 is 0.850 bits per heavy atom. The smallest absolute Gasteiger partial charge is 0.254 e. The fourth-order valence-electron chi connectivity index (χ4n) is 4.68. The minimum atomic E-state index is -0.652. The molecule has 1 aromatic heterocycles. The quantitative estimate of drug-likeness (QED) is 0.224. The summed E-state index contributed by atoms with van der Waals surface area (Å²) in [4.78, 5) is 12.7. The number of nitrogens with zero attached hydrogens (tertiary/aromatic N) is 1. The van der Waals surface area contributed by atoms with E-state index < -0.39 is 11.7 Å². The van der Waals surface area contributed by atoms with Crippen LogP contribution in [0.1, 0.15) is 27.0 Å². The number of carbonyl (C=O) groups is 1. The topological polar surface area (TPSA) is 73.6 Å². The summed E-state index contributed by atoms with van der Waals surface area (Å²) in [6.07, 6.45) is 0. The SMILES string of the molecule is COc1ccc(CNC(=O)c2ccc(-c3cc(-c4ccc(-c5ccccc5)c(C)c4C)on3)cc2F)c(OC)c1. The molecule has 5 rings (SSSR count). The van der Waals surface area contributed by atoms with Gasteiger partial charge in [-0.2, -0.15) is 0 Å². The zero-order valence-corrected chi connectivity index (χ0v) is 22.7. The number of methoxy groups -OCH3 is 2. The summed E-state index contributed by atoms with van der Waals surface area (Å²) in [5.41, 5.74) is 7.12. The average Bonchev–Trinajstić information content (AvgIpc) is 3.47. The lowest BCUT2D eigenvalue weighted by Gasteiger charge is -2.12. The Labute approximate surface area is 232 Å². The van der Waals surface area contributed by atoms with E-state index in [-0.39, 0.29) is 12.1 Å². The number of nitrogens with one attached hydrogen (secondary N) is 1. The summed E-state index contributed by atoms with van der Waals surface area (Å²) in [6.45, 7) is 4.30. The van der Waals surface area contributed by atoms with Gasteiger partial charge in [0, 0.05) is 35.4 Å². The molecule has 0 aliphatic heterocycles. The molecule has 4 aromatic carbocycles. The molecule has 0 aliphatic carbocycles. The molecule has 0 spiro atoms. The van der Waals surface area contributed by atoms with E-state index in [9.17, 15) is 4.79 Å². The first-order valence-corrected chi connectivity index (χ1v) is 12.8. The van der Waals surface area contributed by atoms with Crippen LogP contribution in [0.2, 0.25) is 0 Å². The minimum Gasteiger partial charge on any atom is -0.497 e. The van der Waals surface area contributed by atoms with Crippen LogP contribution in [0.15, 0.2) is 89.5 Å². The van der Waals surface area contributed by atoms with Gasteiger partial charge in [0.25, 0.3) is 5.91 Å². The number of amides is 1. The monoisotopic (exact) mass is 536 g/mol. The summed E-state index contributed by atoms with van der Waals surface area (Å²) in [6, 6.07) is 25.8. The van der Waals surface area contributed by atoms with Crippen molar-refractivity contribution in [1.82, 2.24) is 10.5 Å². The first-order chi connectivity index (χ1) is 19.4. The van der Waals surface area contributed by atoms with E-state index in [1.165, 1.54) is 19.2 Å². The molecule has 0 saturated carbocycles. The molecule has 1 amide bonds. The molecule has 0 saturated heterocycles. The van der Waals surface area contributed by atoms with Crippen LogP contribution >= 0.6 is 0 Å². The number of benzene rings is 4. The molecule has 7 heteroatoms. The van der Waals surface area contributed by atoms with Gasteiger partial charge in [0.05, 0.1) is 19.8 Å². The number of halogens is 1. The maximum atomic E-state index is 15.0. The summed E-state index contributed by atoms with van der Waals surface area (Å²) in [5, 5.41) is 6.92. The molecule has 0 aliphatic rings. The number of carbonyl (C=O) groups excluding carboxylic acids is 1. The van der Waals surface area contributed by atoms with Crippen molar-refractivity contribution in [2.24, 2.45) is 0 Å². The van der Waals surface area contributed by atoms with E-state index in [1.54, 1.807) is 37.4 Å². The lowest BCUT2D eigenvalue weighted by atomic mass is 9.92. The van der Waals surface area contributed by atoms with E-state index in [2.05, 4.69) is 35.6 Å². The molecular formula is C33H29FN2O4. The molecule has 0 atom stereocenters. The van der Waals surface area contributed by atoms with E-state index in [0.717, 1.165) is 33.4 Å².